The van der Waals surface area contributed by atoms with Gasteiger partial charge < -0.3 is 10.4 Å². The third-order valence-electron chi connectivity index (χ3n) is 3.27. The molecule has 0 atom stereocenters. The average molecular weight is 311 g/mol. The molecule has 0 radical (unpaired) electrons. The zero-order valence-electron chi connectivity index (χ0n) is 11.8. The largest absolute Gasteiger partial charge is 0.478 e. The lowest BCUT2D eigenvalue weighted by molar-refractivity contribution is 0.0696. The molecule has 110 valence electrons. The average Bonchev–Trinajstić information content (AvgIpc) is 2.98. The second-order valence-electron chi connectivity index (χ2n) is 4.69. The van der Waals surface area contributed by atoms with Crippen LogP contribution in [-0.4, -0.2) is 21.0 Å². The minimum atomic E-state index is -0.934. The van der Waals surface area contributed by atoms with E-state index in [1.54, 1.807) is 31.5 Å². The number of aromatic nitrogens is 2. The zero-order chi connectivity index (χ0) is 15.5. The number of carboxylic acids is 1. The van der Waals surface area contributed by atoms with Crippen molar-refractivity contribution in [1.82, 2.24) is 9.97 Å². The minimum Gasteiger partial charge on any atom is -0.478 e. The molecule has 6 heteroatoms. The summed E-state index contributed by atoms with van der Waals surface area (Å²) in [5.41, 5.74) is 3.50. The van der Waals surface area contributed by atoms with Crippen molar-refractivity contribution < 1.29 is 9.90 Å². The van der Waals surface area contributed by atoms with Gasteiger partial charge in [0.1, 0.15) is 0 Å². The Balaban J connectivity index is 1.87. The number of nitrogens with zero attached hydrogens (tertiary/aromatic N) is 2. The third-order valence-corrected chi connectivity index (χ3v) is 4.03. The van der Waals surface area contributed by atoms with E-state index >= 15 is 0 Å². The van der Waals surface area contributed by atoms with E-state index in [9.17, 15) is 4.79 Å². The van der Waals surface area contributed by atoms with Crippen LogP contribution in [0.4, 0.5) is 10.8 Å². The molecule has 0 saturated carbocycles. The lowest BCUT2D eigenvalue weighted by Gasteiger charge is -2.08. The molecule has 1 aromatic carbocycles. The van der Waals surface area contributed by atoms with Crippen molar-refractivity contribution in [1.29, 1.82) is 0 Å². The van der Waals surface area contributed by atoms with E-state index in [1.807, 2.05) is 23.6 Å². The number of hydrogen-bond acceptors (Lipinski definition) is 5. The summed E-state index contributed by atoms with van der Waals surface area (Å²) in [6.07, 6.45) is 3.48. The van der Waals surface area contributed by atoms with Gasteiger partial charge in [-0.05, 0) is 36.8 Å². The maximum Gasteiger partial charge on any atom is 0.336 e. The Bertz CT molecular complexity index is 815. The maximum absolute atomic E-state index is 11.2. The Labute approximate surface area is 131 Å². The second kappa shape index (κ2) is 5.95. The highest BCUT2D eigenvalue weighted by Crippen LogP contribution is 2.28. The molecule has 22 heavy (non-hydrogen) atoms. The van der Waals surface area contributed by atoms with Gasteiger partial charge in [-0.1, -0.05) is 6.07 Å². The quantitative estimate of drug-likeness (QED) is 0.763. The molecule has 0 unspecified atom stereocenters. The van der Waals surface area contributed by atoms with Crippen LogP contribution in [0.15, 0.2) is 48.1 Å². The number of carbonyl (C=O) groups is 1. The Morgan fingerprint density at radius 2 is 2.14 bits per heavy atom. The van der Waals surface area contributed by atoms with Crippen molar-refractivity contribution in [3.05, 3.63) is 59.2 Å². The molecule has 5 nitrogen and oxygen atoms in total. The molecular weight excluding hydrogens is 298 g/mol. The Morgan fingerprint density at radius 3 is 2.86 bits per heavy atom. The maximum atomic E-state index is 11.2. The highest BCUT2D eigenvalue weighted by atomic mass is 32.1. The minimum absolute atomic E-state index is 0.286. The highest BCUT2D eigenvalue weighted by Gasteiger charge is 2.11. The molecule has 2 N–H and O–H groups in total. The van der Waals surface area contributed by atoms with Gasteiger partial charge in [-0.15, -0.1) is 11.3 Å². The normalized spacial score (nSPS) is 10.4. The molecule has 0 amide bonds. The van der Waals surface area contributed by atoms with Crippen LogP contribution in [0.5, 0.6) is 0 Å². The second-order valence-corrected chi connectivity index (χ2v) is 5.55. The number of thiazole rings is 1. The van der Waals surface area contributed by atoms with Gasteiger partial charge in [0.25, 0.3) is 0 Å². The number of pyridine rings is 1. The van der Waals surface area contributed by atoms with Gasteiger partial charge in [0, 0.05) is 29.0 Å². The Hall–Kier alpha value is -2.73. The summed E-state index contributed by atoms with van der Waals surface area (Å²) in [5.74, 6) is -0.934. The number of benzene rings is 1. The molecule has 2 heterocycles. The van der Waals surface area contributed by atoms with Crippen molar-refractivity contribution in [2.75, 3.05) is 5.32 Å². The van der Waals surface area contributed by atoms with Gasteiger partial charge in [0.05, 0.1) is 11.3 Å². The van der Waals surface area contributed by atoms with Gasteiger partial charge >= 0.3 is 5.97 Å². The lowest BCUT2D eigenvalue weighted by Crippen LogP contribution is -2.02. The fourth-order valence-corrected chi connectivity index (χ4v) is 2.83. The van der Waals surface area contributed by atoms with Crippen LogP contribution in [0, 0.1) is 6.92 Å². The van der Waals surface area contributed by atoms with Gasteiger partial charge in [0.2, 0.25) is 0 Å². The molecule has 0 fully saturated rings. The SMILES string of the molecule is Cc1c(Nc2nc(-c3cccnc3)cs2)cccc1C(=O)O. The van der Waals surface area contributed by atoms with E-state index in [0.717, 1.165) is 16.9 Å². The van der Waals surface area contributed by atoms with Crippen molar-refractivity contribution >= 4 is 28.1 Å². The molecule has 0 bridgehead atoms. The molecule has 0 saturated heterocycles. The smallest absolute Gasteiger partial charge is 0.336 e. The van der Waals surface area contributed by atoms with Crippen LogP contribution < -0.4 is 5.32 Å². The molecule has 0 spiro atoms. The summed E-state index contributed by atoms with van der Waals surface area (Å²) in [4.78, 5) is 19.8. The van der Waals surface area contributed by atoms with Crippen LogP contribution in [0.3, 0.4) is 0 Å². The summed E-state index contributed by atoms with van der Waals surface area (Å²) in [6, 6.07) is 8.96. The number of rotatable bonds is 4. The predicted molar refractivity (Wildman–Crippen MR) is 86.8 cm³/mol. The first-order valence-corrected chi connectivity index (χ1v) is 7.49. The summed E-state index contributed by atoms with van der Waals surface area (Å²) in [5, 5.41) is 15.0. The van der Waals surface area contributed by atoms with E-state index in [1.165, 1.54) is 11.3 Å². The Morgan fingerprint density at radius 1 is 1.27 bits per heavy atom. The number of carboxylic acid groups (broad SMARTS) is 1. The van der Waals surface area contributed by atoms with E-state index in [-0.39, 0.29) is 5.56 Å². The summed E-state index contributed by atoms with van der Waals surface area (Å²) in [6.45, 7) is 1.78. The number of anilines is 2. The third kappa shape index (κ3) is 2.82. The van der Waals surface area contributed by atoms with Crippen molar-refractivity contribution in [2.24, 2.45) is 0 Å². The monoisotopic (exact) mass is 311 g/mol. The molecule has 0 aliphatic rings. The van der Waals surface area contributed by atoms with Crippen LogP contribution in [-0.2, 0) is 0 Å². The topological polar surface area (TPSA) is 75.1 Å². The fraction of sp³-hybridized carbons (Fsp3) is 0.0625. The van der Waals surface area contributed by atoms with E-state index in [4.69, 9.17) is 5.11 Å². The summed E-state index contributed by atoms with van der Waals surface area (Å²) >= 11 is 1.46. The summed E-state index contributed by atoms with van der Waals surface area (Å²) < 4.78 is 0. The van der Waals surface area contributed by atoms with Gasteiger partial charge in [-0.3, -0.25) is 4.98 Å². The highest BCUT2D eigenvalue weighted by molar-refractivity contribution is 7.14. The van der Waals surface area contributed by atoms with E-state index < -0.39 is 5.97 Å². The summed E-state index contributed by atoms with van der Waals surface area (Å²) in [7, 11) is 0. The predicted octanol–water partition coefficient (Wildman–Crippen LogP) is 3.96. The Kier molecular flexibility index (Phi) is 3.84. The molecule has 3 rings (SSSR count). The first-order chi connectivity index (χ1) is 10.6. The van der Waals surface area contributed by atoms with Crippen molar-refractivity contribution in [3.63, 3.8) is 0 Å². The first-order valence-electron chi connectivity index (χ1n) is 6.61. The molecular formula is C16H13N3O2S. The number of aromatic carboxylic acids is 1. The zero-order valence-corrected chi connectivity index (χ0v) is 12.6. The molecule has 0 aliphatic carbocycles. The van der Waals surface area contributed by atoms with Gasteiger partial charge in [-0.25, -0.2) is 9.78 Å². The fourth-order valence-electron chi connectivity index (χ4n) is 2.10. The molecule has 3 aromatic rings. The first kappa shape index (κ1) is 14.2. The van der Waals surface area contributed by atoms with Gasteiger partial charge in [0.15, 0.2) is 5.13 Å². The lowest BCUT2D eigenvalue weighted by atomic mass is 10.1. The van der Waals surface area contributed by atoms with Crippen LogP contribution in [0.25, 0.3) is 11.3 Å². The number of hydrogen-bond donors (Lipinski definition) is 2. The van der Waals surface area contributed by atoms with Crippen molar-refractivity contribution in [3.8, 4) is 11.3 Å². The van der Waals surface area contributed by atoms with E-state index in [2.05, 4.69) is 15.3 Å². The van der Waals surface area contributed by atoms with Crippen LogP contribution in [0.2, 0.25) is 0 Å². The number of nitrogens with one attached hydrogen (secondary N) is 1. The standard InChI is InChI=1S/C16H13N3O2S/c1-10-12(15(20)21)5-2-6-13(10)18-16-19-14(9-22-16)11-4-3-7-17-8-11/h2-9H,1H3,(H,18,19)(H,20,21). The molecule has 2 aromatic heterocycles. The van der Waals surface area contributed by atoms with Gasteiger partial charge in [-0.2, -0.15) is 0 Å². The van der Waals surface area contributed by atoms with E-state index in [0.29, 0.717) is 10.7 Å². The van der Waals surface area contributed by atoms with Crippen LogP contribution >= 0.6 is 11.3 Å². The molecule has 0 aliphatic heterocycles. The van der Waals surface area contributed by atoms with Crippen LogP contribution in [0.1, 0.15) is 15.9 Å². The van der Waals surface area contributed by atoms with Crippen molar-refractivity contribution in [2.45, 2.75) is 6.92 Å².